The molecule has 0 aromatic heterocycles. The Kier molecular flexibility index (Phi) is 5.48. The molecule has 0 saturated heterocycles. The molecule has 2 atom stereocenters. The number of rotatable bonds is 5. The molecule has 4 heteroatoms. The highest BCUT2D eigenvalue weighted by Crippen LogP contribution is 2.23. The summed E-state index contributed by atoms with van der Waals surface area (Å²) >= 11 is 6.08. The first-order valence-corrected chi connectivity index (χ1v) is 6.65. The maximum absolute atomic E-state index is 11.9. The summed E-state index contributed by atoms with van der Waals surface area (Å²) < 4.78 is 0. The van der Waals surface area contributed by atoms with Crippen LogP contribution < -0.4 is 10.6 Å². The SMILES string of the molecule is CCC(C)NC(=O)C(C)Nc1cc(C)ccc1Cl. The van der Waals surface area contributed by atoms with Gasteiger partial charge in [0.1, 0.15) is 6.04 Å². The van der Waals surface area contributed by atoms with E-state index in [0.29, 0.717) is 5.02 Å². The van der Waals surface area contributed by atoms with Crippen LogP contribution in [-0.2, 0) is 4.79 Å². The van der Waals surface area contributed by atoms with Crippen molar-refractivity contribution < 1.29 is 4.79 Å². The van der Waals surface area contributed by atoms with Crippen LogP contribution in [0, 0.1) is 6.92 Å². The molecule has 1 rings (SSSR count). The minimum Gasteiger partial charge on any atom is -0.373 e. The molecule has 0 aliphatic carbocycles. The fourth-order valence-electron chi connectivity index (χ4n) is 1.52. The van der Waals surface area contributed by atoms with E-state index in [-0.39, 0.29) is 18.0 Å². The summed E-state index contributed by atoms with van der Waals surface area (Å²) in [6, 6.07) is 5.60. The van der Waals surface area contributed by atoms with Crippen LogP contribution in [0.5, 0.6) is 0 Å². The lowest BCUT2D eigenvalue weighted by atomic mass is 10.2. The van der Waals surface area contributed by atoms with Crippen LogP contribution in [0.4, 0.5) is 5.69 Å². The summed E-state index contributed by atoms with van der Waals surface area (Å²) in [6.07, 6.45) is 0.920. The molecule has 3 nitrogen and oxygen atoms in total. The first kappa shape index (κ1) is 14.8. The van der Waals surface area contributed by atoms with Gasteiger partial charge in [-0.25, -0.2) is 0 Å². The zero-order valence-electron chi connectivity index (χ0n) is 11.4. The zero-order chi connectivity index (χ0) is 13.7. The van der Waals surface area contributed by atoms with Crippen molar-refractivity contribution in [1.29, 1.82) is 0 Å². The summed E-state index contributed by atoms with van der Waals surface area (Å²) in [4.78, 5) is 11.9. The molecular weight excluding hydrogens is 248 g/mol. The van der Waals surface area contributed by atoms with Crippen LogP contribution in [0.2, 0.25) is 5.02 Å². The lowest BCUT2D eigenvalue weighted by molar-refractivity contribution is -0.122. The topological polar surface area (TPSA) is 41.1 Å². The molecule has 2 N–H and O–H groups in total. The number of carbonyl (C=O) groups is 1. The monoisotopic (exact) mass is 268 g/mol. The van der Waals surface area contributed by atoms with Gasteiger partial charge in [-0.1, -0.05) is 24.6 Å². The van der Waals surface area contributed by atoms with E-state index in [9.17, 15) is 4.79 Å². The average molecular weight is 269 g/mol. The van der Waals surface area contributed by atoms with E-state index >= 15 is 0 Å². The molecular formula is C14H21ClN2O. The van der Waals surface area contributed by atoms with Gasteiger partial charge >= 0.3 is 0 Å². The maximum atomic E-state index is 11.9. The molecule has 100 valence electrons. The number of aryl methyl sites for hydroxylation is 1. The fraction of sp³-hybridized carbons (Fsp3) is 0.500. The molecule has 0 radical (unpaired) electrons. The van der Waals surface area contributed by atoms with Crippen molar-refractivity contribution in [1.82, 2.24) is 5.32 Å². The van der Waals surface area contributed by atoms with Crippen molar-refractivity contribution in [3.8, 4) is 0 Å². The highest BCUT2D eigenvalue weighted by atomic mass is 35.5. The van der Waals surface area contributed by atoms with Gasteiger partial charge in [-0.3, -0.25) is 4.79 Å². The van der Waals surface area contributed by atoms with E-state index in [1.807, 2.05) is 45.9 Å². The molecule has 0 spiro atoms. The van der Waals surface area contributed by atoms with Crippen LogP contribution in [0.15, 0.2) is 18.2 Å². The number of carbonyl (C=O) groups excluding carboxylic acids is 1. The number of benzene rings is 1. The highest BCUT2D eigenvalue weighted by Gasteiger charge is 2.15. The van der Waals surface area contributed by atoms with Crippen molar-refractivity contribution in [2.45, 2.75) is 46.2 Å². The van der Waals surface area contributed by atoms with Gasteiger partial charge < -0.3 is 10.6 Å². The minimum atomic E-state index is -0.307. The largest absolute Gasteiger partial charge is 0.373 e. The summed E-state index contributed by atoms with van der Waals surface area (Å²) in [6.45, 7) is 7.85. The third kappa shape index (κ3) is 4.22. The molecule has 0 saturated carbocycles. The Bertz CT molecular complexity index is 420. The number of hydrogen-bond acceptors (Lipinski definition) is 2. The van der Waals surface area contributed by atoms with Crippen molar-refractivity contribution >= 4 is 23.2 Å². The van der Waals surface area contributed by atoms with E-state index in [2.05, 4.69) is 10.6 Å². The van der Waals surface area contributed by atoms with Gasteiger partial charge in [0.15, 0.2) is 0 Å². The average Bonchev–Trinajstić information content (AvgIpc) is 2.33. The van der Waals surface area contributed by atoms with E-state index in [1.165, 1.54) is 0 Å². The van der Waals surface area contributed by atoms with Crippen molar-refractivity contribution in [3.05, 3.63) is 28.8 Å². The number of nitrogens with one attached hydrogen (secondary N) is 2. The number of anilines is 1. The normalized spacial score (nSPS) is 13.8. The van der Waals surface area contributed by atoms with Crippen LogP contribution in [0.1, 0.15) is 32.8 Å². The molecule has 0 aliphatic heterocycles. The Morgan fingerprint density at radius 2 is 2.06 bits per heavy atom. The van der Waals surface area contributed by atoms with Gasteiger partial charge in [-0.05, 0) is 44.9 Å². The highest BCUT2D eigenvalue weighted by molar-refractivity contribution is 6.33. The molecule has 0 heterocycles. The standard InChI is InChI=1S/C14H21ClN2O/c1-5-10(3)16-14(18)11(4)17-13-8-9(2)6-7-12(13)15/h6-8,10-11,17H,5H2,1-4H3,(H,16,18). The van der Waals surface area contributed by atoms with Gasteiger partial charge in [0, 0.05) is 6.04 Å². The second-order valence-electron chi connectivity index (χ2n) is 4.67. The Hall–Kier alpha value is -1.22. The third-order valence-corrected chi connectivity index (χ3v) is 3.22. The molecule has 0 aliphatic rings. The lowest BCUT2D eigenvalue weighted by Crippen LogP contribution is -2.41. The molecule has 2 unspecified atom stereocenters. The van der Waals surface area contributed by atoms with E-state index in [4.69, 9.17) is 11.6 Å². The zero-order valence-corrected chi connectivity index (χ0v) is 12.1. The molecule has 1 aromatic carbocycles. The molecule has 0 bridgehead atoms. The van der Waals surface area contributed by atoms with Gasteiger partial charge in [0.2, 0.25) is 5.91 Å². The van der Waals surface area contributed by atoms with Crippen LogP contribution in [0.25, 0.3) is 0 Å². The summed E-state index contributed by atoms with van der Waals surface area (Å²) in [7, 11) is 0. The summed E-state index contributed by atoms with van der Waals surface area (Å²) in [5, 5.41) is 6.70. The van der Waals surface area contributed by atoms with Gasteiger partial charge in [0.05, 0.1) is 10.7 Å². The lowest BCUT2D eigenvalue weighted by Gasteiger charge is -2.19. The predicted molar refractivity (Wildman–Crippen MR) is 77.2 cm³/mol. The van der Waals surface area contributed by atoms with Crippen LogP contribution >= 0.6 is 11.6 Å². The Morgan fingerprint density at radius 3 is 2.67 bits per heavy atom. The molecule has 1 amide bonds. The van der Waals surface area contributed by atoms with Gasteiger partial charge in [-0.2, -0.15) is 0 Å². The number of halogens is 1. The third-order valence-electron chi connectivity index (χ3n) is 2.89. The van der Waals surface area contributed by atoms with Crippen molar-refractivity contribution in [2.24, 2.45) is 0 Å². The summed E-state index contributed by atoms with van der Waals surface area (Å²) in [5.74, 6) is -0.0121. The smallest absolute Gasteiger partial charge is 0.242 e. The van der Waals surface area contributed by atoms with E-state index in [1.54, 1.807) is 0 Å². The Balaban J connectivity index is 2.66. The molecule has 1 aromatic rings. The number of hydrogen-bond donors (Lipinski definition) is 2. The van der Waals surface area contributed by atoms with Gasteiger partial charge in [-0.15, -0.1) is 0 Å². The van der Waals surface area contributed by atoms with Crippen LogP contribution in [0.3, 0.4) is 0 Å². The minimum absolute atomic E-state index is 0.0121. The first-order chi connectivity index (χ1) is 8.43. The molecule has 18 heavy (non-hydrogen) atoms. The van der Waals surface area contributed by atoms with E-state index in [0.717, 1.165) is 17.7 Å². The molecule has 0 fully saturated rings. The predicted octanol–water partition coefficient (Wildman–Crippen LogP) is 3.36. The number of amides is 1. The Labute approximate surface area is 114 Å². The second-order valence-corrected chi connectivity index (χ2v) is 5.07. The van der Waals surface area contributed by atoms with Gasteiger partial charge in [0.25, 0.3) is 0 Å². The summed E-state index contributed by atoms with van der Waals surface area (Å²) in [5.41, 5.74) is 1.90. The van der Waals surface area contributed by atoms with Crippen molar-refractivity contribution in [2.75, 3.05) is 5.32 Å². The Morgan fingerprint density at radius 1 is 1.39 bits per heavy atom. The quantitative estimate of drug-likeness (QED) is 0.860. The fourth-order valence-corrected chi connectivity index (χ4v) is 1.69. The van der Waals surface area contributed by atoms with Crippen LogP contribution in [-0.4, -0.2) is 18.0 Å². The second kappa shape index (κ2) is 6.64. The maximum Gasteiger partial charge on any atom is 0.242 e. The van der Waals surface area contributed by atoms with E-state index < -0.39 is 0 Å². The first-order valence-electron chi connectivity index (χ1n) is 6.27. The van der Waals surface area contributed by atoms with Crippen molar-refractivity contribution in [3.63, 3.8) is 0 Å².